The molecule has 0 amide bonds. The van der Waals surface area contributed by atoms with Crippen molar-refractivity contribution in [3.8, 4) is 11.4 Å². The Morgan fingerprint density at radius 1 is 1.24 bits per heavy atom. The average molecular weight is 271 g/mol. The van der Waals surface area contributed by atoms with Crippen molar-refractivity contribution in [1.82, 2.24) is 9.78 Å². The summed E-state index contributed by atoms with van der Waals surface area (Å²) in [6, 6.07) is 6.21. The van der Waals surface area contributed by atoms with E-state index >= 15 is 0 Å². The van der Waals surface area contributed by atoms with Gasteiger partial charge in [-0.3, -0.25) is 4.79 Å². The number of aromatic nitrogens is 2. The molecule has 0 fully saturated rings. The zero-order chi connectivity index (χ0) is 12.4. The fourth-order valence-corrected chi connectivity index (χ4v) is 1.70. The van der Waals surface area contributed by atoms with Gasteiger partial charge in [0.2, 0.25) is 0 Å². The molecule has 17 heavy (non-hydrogen) atoms. The number of halogens is 2. The van der Waals surface area contributed by atoms with Gasteiger partial charge < -0.3 is 4.74 Å². The molecule has 0 N–H and O–H groups in total. The van der Waals surface area contributed by atoms with Crippen LogP contribution < -0.4 is 10.3 Å². The highest BCUT2D eigenvalue weighted by Crippen LogP contribution is 2.24. The van der Waals surface area contributed by atoms with Crippen LogP contribution in [0.4, 0.5) is 0 Å². The fraction of sp³-hybridized carbons (Fsp3) is 0.0909. The van der Waals surface area contributed by atoms with E-state index in [2.05, 4.69) is 5.10 Å². The molecule has 2 rings (SSSR count). The third-order valence-electron chi connectivity index (χ3n) is 2.14. The van der Waals surface area contributed by atoms with E-state index in [1.807, 2.05) is 0 Å². The zero-order valence-corrected chi connectivity index (χ0v) is 10.4. The van der Waals surface area contributed by atoms with Crippen molar-refractivity contribution in [3.63, 3.8) is 0 Å². The monoisotopic (exact) mass is 270 g/mol. The van der Waals surface area contributed by atoms with Gasteiger partial charge in [0.1, 0.15) is 11.4 Å². The van der Waals surface area contributed by atoms with Crippen LogP contribution in [0.5, 0.6) is 5.75 Å². The summed E-state index contributed by atoms with van der Waals surface area (Å²) in [6.07, 6.45) is 1.38. The van der Waals surface area contributed by atoms with Gasteiger partial charge in [0.05, 0.1) is 18.3 Å². The average Bonchev–Trinajstić information content (AvgIpc) is 2.29. The summed E-state index contributed by atoms with van der Waals surface area (Å²) in [6.45, 7) is 0. The summed E-state index contributed by atoms with van der Waals surface area (Å²) in [5.41, 5.74) is 0.125. The van der Waals surface area contributed by atoms with Crippen LogP contribution >= 0.6 is 23.2 Å². The summed E-state index contributed by atoms with van der Waals surface area (Å²) in [5.74, 6) is 0.506. The van der Waals surface area contributed by atoms with Crippen LogP contribution in [0, 0.1) is 0 Å². The standard InChI is InChI=1S/C11H8Cl2N2O2/c1-17-10-3-2-7(12)4-9(10)15-11(16)5-8(13)6-14-15/h2-6H,1H3. The fourth-order valence-electron chi connectivity index (χ4n) is 1.40. The Morgan fingerprint density at radius 2 is 2.00 bits per heavy atom. The van der Waals surface area contributed by atoms with Crippen LogP contribution in [-0.2, 0) is 0 Å². The van der Waals surface area contributed by atoms with Crippen LogP contribution in [-0.4, -0.2) is 16.9 Å². The first kappa shape index (κ1) is 12.0. The molecule has 2 aromatic rings. The van der Waals surface area contributed by atoms with Crippen molar-refractivity contribution in [2.75, 3.05) is 7.11 Å². The van der Waals surface area contributed by atoms with E-state index in [1.54, 1.807) is 18.2 Å². The Kier molecular flexibility index (Phi) is 3.36. The molecule has 0 aliphatic rings. The highest BCUT2D eigenvalue weighted by molar-refractivity contribution is 6.31. The zero-order valence-electron chi connectivity index (χ0n) is 8.85. The lowest BCUT2D eigenvalue weighted by atomic mass is 10.3. The molecule has 1 aromatic carbocycles. The molecule has 88 valence electrons. The minimum atomic E-state index is -0.349. The van der Waals surface area contributed by atoms with Gasteiger partial charge in [0, 0.05) is 11.1 Å². The van der Waals surface area contributed by atoms with Crippen molar-refractivity contribution < 1.29 is 4.74 Å². The molecule has 0 aliphatic carbocycles. The Labute approximate surface area is 107 Å². The van der Waals surface area contributed by atoms with Gasteiger partial charge in [-0.15, -0.1) is 0 Å². The third-order valence-corrected chi connectivity index (χ3v) is 2.58. The Morgan fingerprint density at radius 3 is 2.65 bits per heavy atom. The van der Waals surface area contributed by atoms with Gasteiger partial charge in [-0.1, -0.05) is 23.2 Å². The predicted octanol–water partition coefficient (Wildman–Crippen LogP) is 2.55. The number of methoxy groups -OCH3 is 1. The summed E-state index contributed by atoms with van der Waals surface area (Å²) < 4.78 is 6.33. The van der Waals surface area contributed by atoms with Crippen molar-refractivity contribution in [2.45, 2.75) is 0 Å². The smallest absolute Gasteiger partial charge is 0.273 e. The van der Waals surface area contributed by atoms with Gasteiger partial charge in [0.25, 0.3) is 5.56 Å². The van der Waals surface area contributed by atoms with Gasteiger partial charge in [-0.25, -0.2) is 0 Å². The predicted molar refractivity (Wildman–Crippen MR) is 66.4 cm³/mol. The lowest BCUT2D eigenvalue weighted by molar-refractivity contribution is 0.411. The topological polar surface area (TPSA) is 44.1 Å². The van der Waals surface area contributed by atoms with Gasteiger partial charge >= 0.3 is 0 Å². The first-order valence-corrected chi connectivity index (χ1v) is 5.46. The van der Waals surface area contributed by atoms with E-state index in [0.717, 1.165) is 0 Å². The molecule has 0 spiro atoms. The Bertz CT molecular complexity index is 611. The normalized spacial score (nSPS) is 10.3. The largest absolute Gasteiger partial charge is 0.494 e. The summed E-state index contributed by atoms with van der Waals surface area (Å²) in [5, 5.41) is 4.71. The number of ether oxygens (including phenoxy) is 1. The molecule has 0 saturated carbocycles. The van der Waals surface area contributed by atoms with E-state index in [1.165, 1.54) is 24.1 Å². The molecule has 6 heteroatoms. The molecule has 0 atom stereocenters. The number of hydrogen-bond acceptors (Lipinski definition) is 3. The van der Waals surface area contributed by atoms with E-state index in [9.17, 15) is 4.79 Å². The van der Waals surface area contributed by atoms with Crippen molar-refractivity contribution in [1.29, 1.82) is 0 Å². The molecule has 0 bridgehead atoms. The molecule has 0 aliphatic heterocycles. The number of benzene rings is 1. The van der Waals surface area contributed by atoms with Crippen molar-refractivity contribution in [3.05, 3.63) is 50.9 Å². The quantitative estimate of drug-likeness (QED) is 0.843. The van der Waals surface area contributed by atoms with Crippen molar-refractivity contribution in [2.24, 2.45) is 0 Å². The third kappa shape index (κ3) is 2.43. The Hall–Kier alpha value is -1.52. The van der Waals surface area contributed by atoms with Crippen LogP contribution in [0.3, 0.4) is 0 Å². The van der Waals surface area contributed by atoms with Crippen LogP contribution in [0.15, 0.2) is 35.3 Å². The maximum absolute atomic E-state index is 11.7. The first-order valence-electron chi connectivity index (χ1n) is 4.70. The molecule has 1 heterocycles. The lowest BCUT2D eigenvalue weighted by Gasteiger charge is -2.09. The molecular formula is C11H8Cl2N2O2. The molecular weight excluding hydrogens is 263 g/mol. The van der Waals surface area contributed by atoms with E-state index < -0.39 is 0 Å². The highest BCUT2D eigenvalue weighted by Gasteiger charge is 2.09. The molecule has 1 aromatic heterocycles. The van der Waals surface area contributed by atoms with E-state index in [0.29, 0.717) is 16.5 Å². The maximum atomic E-state index is 11.7. The second-order valence-corrected chi connectivity index (χ2v) is 4.11. The first-order chi connectivity index (χ1) is 8.11. The van der Waals surface area contributed by atoms with E-state index in [4.69, 9.17) is 27.9 Å². The van der Waals surface area contributed by atoms with E-state index in [-0.39, 0.29) is 10.6 Å². The number of nitrogens with zero attached hydrogens (tertiary/aromatic N) is 2. The summed E-state index contributed by atoms with van der Waals surface area (Å²) in [7, 11) is 1.51. The van der Waals surface area contributed by atoms with Crippen LogP contribution in [0.1, 0.15) is 0 Å². The SMILES string of the molecule is COc1ccc(Cl)cc1-n1ncc(Cl)cc1=O. The minimum Gasteiger partial charge on any atom is -0.494 e. The van der Waals surface area contributed by atoms with Gasteiger partial charge in [-0.05, 0) is 18.2 Å². The second kappa shape index (κ2) is 4.77. The lowest BCUT2D eigenvalue weighted by Crippen LogP contribution is -2.20. The summed E-state index contributed by atoms with van der Waals surface area (Å²) >= 11 is 11.6. The summed E-state index contributed by atoms with van der Waals surface area (Å²) in [4.78, 5) is 11.7. The van der Waals surface area contributed by atoms with Gasteiger partial charge in [-0.2, -0.15) is 9.78 Å². The van der Waals surface area contributed by atoms with Crippen LogP contribution in [0.2, 0.25) is 10.0 Å². The molecule has 0 radical (unpaired) electrons. The van der Waals surface area contributed by atoms with Crippen molar-refractivity contribution >= 4 is 23.2 Å². The van der Waals surface area contributed by atoms with Crippen LogP contribution in [0.25, 0.3) is 5.69 Å². The molecule has 4 nitrogen and oxygen atoms in total. The second-order valence-electron chi connectivity index (χ2n) is 3.24. The maximum Gasteiger partial charge on any atom is 0.273 e. The van der Waals surface area contributed by atoms with Gasteiger partial charge in [0.15, 0.2) is 0 Å². The molecule has 0 saturated heterocycles. The number of hydrogen-bond donors (Lipinski definition) is 0. The number of rotatable bonds is 2. The minimum absolute atomic E-state index is 0.284. The Balaban J connectivity index is 2.67. The highest BCUT2D eigenvalue weighted by atomic mass is 35.5. The molecule has 0 unspecified atom stereocenters.